The molecule has 15 heavy (non-hydrogen) atoms. The van der Waals surface area contributed by atoms with E-state index in [1.165, 1.54) is 6.07 Å². The SMILES string of the molecule is Cc1ccc(C(=O)P(=O)(O)O)c(C)c1C. The first kappa shape index (κ1) is 12.1. The van der Waals surface area contributed by atoms with Crippen LogP contribution in [-0.4, -0.2) is 15.3 Å². The van der Waals surface area contributed by atoms with Gasteiger partial charge in [-0.2, -0.15) is 0 Å². The number of carbonyl (C=O) groups excluding carboxylic acids is 1. The molecule has 1 rings (SSSR count). The van der Waals surface area contributed by atoms with Crippen molar-refractivity contribution in [2.75, 3.05) is 0 Å². The number of carbonyl (C=O) groups is 1. The van der Waals surface area contributed by atoms with Gasteiger partial charge in [0.15, 0.2) is 0 Å². The predicted octanol–water partition coefficient (Wildman–Crippen LogP) is 1.93. The average Bonchev–Trinajstić information content (AvgIpc) is 2.12. The van der Waals surface area contributed by atoms with Crippen molar-refractivity contribution in [3.8, 4) is 0 Å². The number of benzene rings is 1. The molecule has 1 aromatic carbocycles. The first-order valence-corrected chi connectivity index (χ1v) is 6.03. The lowest BCUT2D eigenvalue weighted by molar-refractivity contribution is 0.104. The van der Waals surface area contributed by atoms with Gasteiger partial charge >= 0.3 is 7.60 Å². The molecule has 82 valence electrons. The summed E-state index contributed by atoms with van der Waals surface area (Å²) < 4.78 is 10.8. The third kappa shape index (κ3) is 2.34. The van der Waals surface area contributed by atoms with Crippen LogP contribution in [0.1, 0.15) is 27.0 Å². The highest BCUT2D eigenvalue weighted by atomic mass is 31.2. The molecule has 0 aliphatic carbocycles. The van der Waals surface area contributed by atoms with Crippen LogP contribution in [0.3, 0.4) is 0 Å². The van der Waals surface area contributed by atoms with Gasteiger partial charge in [-0.1, -0.05) is 12.1 Å². The van der Waals surface area contributed by atoms with E-state index >= 15 is 0 Å². The molecule has 0 saturated carbocycles. The molecule has 0 bridgehead atoms. The van der Waals surface area contributed by atoms with Gasteiger partial charge in [0.2, 0.25) is 0 Å². The fourth-order valence-electron chi connectivity index (χ4n) is 1.34. The maximum Gasteiger partial charge on any atom is 0.396 e. The number of rotatable bonds is 2. The molecule has 0 fully saturated rings. The fraction of sp³-hybridized carbons (Fsp3) is 0.300. The molecule has 0 spiro atoms. The van der Waals surface area contributed by atoms with Gasteiger partial charge in [-0.05, 0) is 37.5 Å². The summed E-state index contributed by atoms with van der Waals surface area (Å²) in [5.74, 6) is 0. The second kappa shape index (κ2) is 3.89. The monoisotopic (exact) mass is 228 g/mol. The Bertz CT molecular complexity index is 459. The number of hydrogen-bond acceptors (Lipinski definition) is 2. The summed E-state index contributed by atoms with van der Waals surface area (Å²) in [6.07, 6.45) is 0. The van der Waals surface area contributed by atoms with Gasteiger partial charge in [-0.3, -0.25) is 9.36 Å². The van der Waals surface area contributed by atoms with Gasteiger partial charge in [-0.25, -0.2) is 0 Å². The second-order valence-electron chi connectivity index (χ2n) is 3.53. The van der Waals surface area contributed by atoms with Gasteiger partial charge < -0.3 is 9.79 Å². The molecule has 0 aliphatic rings. The first-order chi connectivity index (χ1) is 6.75. The topological polar surface area (TPSA) is 74.6 Å². The maximum atomic E-state index is 11.4. The van der Waals surface area contributed by atoms with Crippen molar-refractivity contribution in [1.82, 2.24) is 0 Å². The summed E-state index contributed by atoms with van der Waals surface area (Å²) in [5.41, 5.74) is 1.50. The molecule has 0 saturated heterocycles. The van der Waals surface area contributed by atoms with E-state index in [1.807, 2.05) is 13.8 Å². The molecular weight excluding hydrogens is 215 g/mol. The third-order valence-corrected chi connectivity index (χ3v) is 3.32. The van der Waals surface area contributed by atoms with Crippen LogP contribution in [0, 0.1) is 20.8 Å². The van der Waals surface area contributed by atoms with Gasteiger partial charge in [0.25, 0.3) is 5.52 Å². The van der Waals surface area contributed by atoms with Gasteiger partial charge in [0.1, 0.15) is 0 Å². The Morgan fingerprint density at radius 1 is 1.13 bits per heavy atom. The maximum absolute atomic E-state index is 11.4. The predicted molar refractivity (Wildman–Crippen MR) is 57.0 cm³/mol. The van der Waals surface area contributed by atoms with Gasteiger partial charge in [0.05, 0.1) is 0 Å². The van der Waals surface area contributed by atoms with Crippen molar-refractivity contribution in [3.05, 3.63) is 34.4 Å². The number of aryl methyl sites for hydroxylation is 1. The number of hydrogen-bond donors (Lipinski definition) is 2. The Morgan fingerprint density at radius 3 is 2.13 bits per heavy atom. The zero-order chi connectivity index (χ0) is 11.8. The van der Waals surface area contributed by atoms with Crippen molar-refractivity contribution in [2.45, 2.75) is 20.8 Å². The molecule has 0 aliphatic heterocycles. The van der Waals surface area contributed by atoms with Crippen LogP contribution < -0.4 is 0 Å². The van der Waals surface area contributed by atoms with Crippen LogP contribution in [0.2, 0.25) is 0 Å². The van der Waals surface area contributed by atoms with E-state index in [0.29, 0.717) is 5.56 Å². The molecule has 0 atom stereocenters. The van der Waals surface area contributed by atoms with Crippen LogP contribution in [0.4, 0.5) is 0 Å². The second-order valence-corrected chi connectivity index (χ2v) is 5.02. The Morgan fingerprint density at radius 2 is 1.67 bits per heavy atom. The lowest BCUT2D eigenvalue weighted by atomic mass is 10.00. The lowest BCUT2D eigenvalue weighted by Gasteiger charge is -2.10. The Kier molecular flexibility index (Phi) is 3.14. The Balaban J connectivity index is 3.36. The Labute approximate surface area is 88.1 Å². The highest BCUT2D eigenvalue weighted by Crippen LogP contribution is 2.40. The van der Waals surface area contributed by atoms with Gasteiger partial charge in [0, 0.05) is 5.56 Å². The smallest absolute Gasteiger partial charge is 0.319 e. The largest absolute Gasteiger partial charge is 0.396 e. The van der Waals surface area contributed by atoms with Gasteiger partial charge in [-0.15, -0.1) is 0 Å². The summed E-state index contributed by atoms with van der Waals surface area (Å²) in [6, 6.07) is 3.14. The zero-order valence-electron chi connectivity index (χ0n) is 8.81. The van der Waals surface area contributed by atoms with Crippen LogP contribution in [-0.2, 0) is 4.57 Å². The van der Waals surface area contributed by atoms with Crippen LogP contribution in [0.5, 0.6) is 0 Å². The fourth-order valence-corrected chi connectivity index (χ4v) is 1.90. The summed E-state index contributed by atoms with van der Waals surface area (Å²) in [6.45, 7) is 5.39. The molecule has 4 nitrogen and oxygen atoms in total. The Hall–Kier alpha value is -0.960. The molecule has 0 unspecified atom stereocenters. The van der Waals surface area contributed by atoms with Crippen molar-refractivity contribution in [3.63, 3.8) is 0 Å². The van der Waals surface area contributed by atoms with Crippen molar-refractivity contribution >= 4 is 13.1 Å². The van der Waals surface area contributed by atoms with Crippen LogP contribution in [0.15, 0.2) is 12.1 Å². The van der Waals surface area contributed by atoms with E-state index in [2.05, 4.69) is 0 Å². The summed E-state index contributed by atoms with van der Waals surface area (Å²) >= 11 is 0. The standard InChI is InChI=1S/C10H13O4P/c1-6-4-5-9(8(3)7(6)2)10(11)15(12,13)14/h4-5H,1-3H3,(H2,12,13,14). The van der Waals surface area contributed by atoms with Crippen LogP contribution >= 0.6 is 7.60 Å². The quantitative estimate of drug-likeness (QED) is 0.758. The molecule has 0 amide bonds. The first-order valence-electron chi connectivity index (χ1n) is 4.42. The minimum atomic E-state index is -4.68. The van der Waals surface area contributed by atoms with Crippen molar-refractivity contribution in [2.24, 2.45) is 0 Å². The molecule has 0 aromatic heterocycles. The summed E-state index contributed by atoms with van der Waals surface area (Å²) in [7, 11) is -4.68. The molecule has 5 heteroatoms. The molecular formula is C10H13O4P. The minimum absolute atomic E-state index is 0.103. The third-order valence-electron chi connectivity index (χ3n) is 2.55. The van der Waals surface area contributed by atoms with Crippen molar-refractivity contribution in [1.29, 1.82) is 0 Å². The van der Waals surface area contributed by atoms with E-state index < -0.39 is 13.1 Å². The highest BCUT2D eigenvalue weighted by molar-refractivity contribution is 7.70. The van der Waals surface area contributed by atoms with E-state index in [4.69, 9.17) is 9.79 Å². The summed E-state index contributed by atoms with van der Waals surface area (Å²) in [5, 5.41) is 0. The molecule has 0 heterocycles. The molecule has 1 aromatic rings. The molecule has 2 N–H and O–H groups in total. The van der Waals surface area contributed by atoms with E-state index in [9.17, 15) is 9.36 Å². The molecule has 0 radical (unpaired) electrons. The average molecular weight is 228 g/mol. The summed E-state index contributed by atoms with van der Waals surface area (Å²) in [4.78, 5) is 29.0. The highest BCUT2D eigenvalue weighted by Gasteiger charge is 2.28. The van der Waals surface area contributed by atoms with E-state index in [-0.39, 0.29) is 5.56 Å². The zero-order valence-corrected chi connectivity index (χ0v) is 9.71. The normalized spacial score (nSPS) is 11.5. The van der Waals surface area contributed by atoms with E-state index in [1.54, 1.807) is 13.0 Å². The van der Waals surface area contributed by atoms with Crippen molar-refractivity contribution < 1.29 is 19.1 Å². The van der Waals surface area contributed by atoms with Crippen LogP contribution in [0.25, 0.3) is 0 Å². The minimum Gasteiger partial charge on any atom is -0.319 e. The van der Waals surface area contributed by atoms with E-state index in [0.717, 1.165) is 11.1 Å². The lowest BCUT2D eigenvalue weighted by Crippen LogP contribution is -2.04.